The monoisotopic (exact) mass is 733 g/mol. The summed E-state index contributed by atoms with van der Waals surface area (Å²) in [5.41, 5.74) is 3.33. The SMILES string of the molecule is c1ccc2cc(-c3nc(-n4c5ccccc5c5c6c7ccc8ccccc8c7sc6c6ccccc6c54)c4c(n3)sc3cc5ccccc5cc34)ccc2c1. The summed E-state index contributed by atoms with van der Waals surface area (Å²) in [4.78, 5) is 12.0. The summed E-state index contributed by atoms with van der Waals surface area (Å²) in [6.07, 6.45) is 0. The zero-order chi connectivity index (χ0) is 35.8. The van der Waals surface area contributed by atoms with E-state index in [1.165, 1.54) is 89.6 Å². The van der Waals surface area contributed by atoms with Gasteiger partial charge < -0.3 is 0 Å². The van der Waals surface area contributed by atoms with Gasteiger partial charge in [-0.1, -0.05) is 140 Å². The predicted octanol–water partition coefficient (Wildman–Crippen LogP) is 14.6. The highest BCUT2D eigenvalue weighted by atomic mass is 32.1. The molecule has 0 bridgehead atoms. The van der Waals surface area contributed by atoms with E-state index in [0.29, 0.717) is 0 Å². The molecule has 4 aromatic heterocycles. The number of hydrogen-bond donors (Lipinski definition) is 0. The minimum atomic E-state index is 0.730. The lowest BCUT2D eigenvalue weighted by atomic mass is 9.98. The number of benzene rings is 9. The number of thiophene rings is 2. The molecule has 0 N–H and O–H groups in total. The number of fused-ring (bicyclic) bond motifs is 17. The Morgan fingerprint density at radius 1 is 0.400 bits per heavy atom. The maximum Gasteiger partial charge on any atom is 0.163 e. The smallest absolute Gasteiger partial charge is 0.163 e. The highest BCUT2D eigenvalue weighted by Gasteiger charge is 2.26. The molecule has 9 aromatic carbocycles. The van der Waals surface area contributed by atoms with Crippen molar-refractivity contribution in [3.63, 3.8) is 0 Å². The maximum atomic E-state index is 5.66. The fourth-order valence-corrected chi connectivity index (χ4v) is 11.6. The van der Waals surface area contributed by atoms with Crippen molar-refractivity contribution in [2.45, 2.75) is 0 Å². The number of rotatable bonds is 2. The molecule has 5 heteroatoms. The minimum Gasteiger partial charge on any atom is -0.292 e. The van der Waals surface area contributed by atoms with Gasteiger partial charge in [0.2, 0.25) is 0 Å². The van der Waals surface area contributed by atoms with Gasteiger partial charge >= 0.3 is 0 Å². The third-order valence-corrected chi connectivity index (χ3v) is 13.9. The van der Waals surface area contributed by atoms with E-state index in [4.69, 9.17) is 9.97 Å². The lowest BCUT2D eigenvalue weighted by Gasteiger charge is -2.13. The summed E-state index contributed by atoms with van der Waals surface area (Å²) >= 11 is 3.68. The van der Waals surface area contributed by atoms with E-state index in [0.717, 1.165) is 32.9 Å². The van der Waals surface area contributed by atoms with Gasteiger partial charge in [-0.15, -0.1) is 22.7 Å². The molecule has 0 fully saturated rings. The first-order valence-electron chi connectivity index (χ1n) is 18.6. The van der Waals surface area contributed by atoms with Gasteiger partial charge in [-0.2, -0.15) is 0 Å². The maximum absolute atomic E-state index is 5.66. The van der Waals surface area contributed by atoms with Crippen molar-refractivity contribution in [2.75, 3.05) is 0 Å². The number of para-hydroxylation sites is 1. The highest BCUT2D eigenvalue weighted by Crippen LogP contribution is 2.50. The topological polar surface area (TPSA) is 30.7 Å². The van der Waals surface area contributed by atoms with E-state index in [2.05, 4.69) is 168 Å². The van der Waals surface area contributed by atoms with Crippen molar-refractivity contribution in [1.29, 1.82) is 0 Å². The zero-order valence-electron chi connectivity index (χ0n) is 29.2. The van der Waals surface area contributed by atoms with Crippen LogP contribution in [0.25, 0.3) is 123 Å². The standard InChI is InChI=1S/C50H27N3S2/c1-2-13-30-25-33(22-21-28(30)11-1)48-51-49(44-39-26-31-14-3-4-15-32(31)27-41(39)54-50(44)52-48)53-40-20-10-9-19-37(40)42-43-38-24-23-29-12-5-6-16-34(29)46(38)55-47(43)36-18-8-7-17-35(36)45(42)53/h1-27H. The predicted molar refractivity (Wildman–Crippen MR) is 238 cm³/mol. The Hall–Kier alpha value is -6.66. The molecule has 0 spiro atoms. The van der Waals surface area contributed by atoms with Crippen molar-refractivity contribution < 1.29 is 0 Å². The lowest BCUT2D eigenvalue weighted by Crippen LogP contribution is -2.02. The molecule has 0 aliphatic heterocycles. The molecule has 55 heavy (non-hydrogen) atoms. The Morgan fingerprint density at radius 3 is 1.89 bits per heavy atom. The Labute approximate surface area is 322 Å². The van der Waals surface area contributed by atoms with Crippen LogP contribution >= 0.6 is 22.7 Å². The van der Waals surface area contributed by atoms with Crippen LogP contribution in [0.1, 0.15) is 0 Å². The average Bonchev–Trinajstić information content (AvgIpc) is 3.92. The fourth-order valence-electron chi connectivity index (χ4n) is 9.08. The molecular formula is C50H27N3S2. The molecule has 254 valence electrons. The Morgan fingerprint density at radius 2 is 1.05 bits per heavy atom. The Bertz CT molecular complexity index is 3790. The van der Waals surface area contributed by atoms with E-state index in [9.17, 15) is 0 Å². The van der Waals surface area contributed by atoms with Crippen molar-refractivity contribution in [3.8, 4) is 17.2 Å². The van der Waals surface area contributed by atoms with E-state index >= 15 is 0 Å². The molecule has 0 aliphatic rings. The van der Waals surface area contributed by atoms with Gasteiger partial charge in [0.25, 0.3) is 0 Å². The summed E-state index contributed by atoms with van der Waals surface area (Å²) in [6.45, 7) is 0. The van der Waals surface area contributed by atoms with E-state index in [1.807, 2.05) is 11.3 Å². The van der Waals surface area contributed by atoms with Gasteiger partial charge in [-0.25, -0.2) is 9.97 Å². The van der Waals surface area contributed by atoms with Gasteiger partial charge in [0.15, 0.2) is 11.6 Å². The molecule has 0 saturated carbocycles. The molecule has 0 aliphatic carbocycles. The second-order valence-electron chi connectivity index (χ2n) is 14.5. The van der Waals surface area contributed by atoms with Crippen LogP contribution in [0.4, 0.5) is 0 Å². The summed E-state index contributed by atoms with van der Waals surface area (Å²) in [6, 6.07) is 59.7. The van der Waals surface area contributed by atoms with Crippen LogP contribution in [0.3, 0.4) is 0 Å². The van der Waals surface area contributed by atoms with E-state index in [-0.39, 0.29) is 0 Å². The van der Waals surface area contributed by atoms with Crippen LogP contribution in [0, 0.1) is 0 Å². The van der Waals surface area contributed by atoms with Crippen molar-refractivity contribution in [3.05, 3.63) is 164 Å². The van der Waals surface area contributed by atoms with Crippen LogP contribution in [-0.2, 0) is 0 Å². The van der Waals surface area contributed by atoms with Crippen LogP contribution in [-0.4, -0.2) is 14.5 Å². The van der Waals surface area contributed by atoms with Crippen LogP contribution in [0.15, 0.2) is 164 Å². The van der Waals surface area contributed by atoms with Gasteiger partial charge in [0, 0.05) is 57.4 Å². The molecular weight excluding hydrogens is 707 g/mol. The third kappa shape index (κ3) is 4.09. The molecule has 0 unspecified atom stereocenters. The Balaban J connectivity index is 1.25. The van der Waals surface area contributed by atoms with Gasteiger partial charge in [-0.05, 0) is 56.6 Å². The first kappa shape index (κ1) is 29.8. The number of hydrogen-bond acceptors (Lipinski definition) is 4. The van der Waals surface area contributed by atoms with Gasteiger partial charge in [-0.3, -0.25) is 4.57 Å². The van der Waals surface area contributed by atoms with Crippen LogP contribution in [0.5, 0.6) is 0 Å². The summed E-state index contributed by atoms with van der Waals surface area (Å²) < 4.78 is 6.34. The van der Waals surface area contributed by atoms with E-state index < -0.39 is 0 Å². The minimum absolute atomic E-state index is 0.730. The molecule has 4 heterocycles. The molecule has 13 aromatic rings. The van der Waals surface area contributed by atoms with Crippen molar-refractivity contribution in [1.82, 2.24) is 14.5 Å². The van der Waals surface area contributed by atoms with Crippen molar-refractivity contribution >= 4 is 128 Å². The highest BCUT2D eigenvalue weighted by molar-refractivity contribution is 7.28. The Kier molecular flexibility index (Phi) is 5.93. The summed E-state index contributed by atoms with van der Waals surface area (Å²) in [5.74, 6) is 1.64. The van der Waals surface area contributed by atoms with E-state index in [1.54, 1.807) is 11.3 Å². The van der Waals surface area contributed by atoms with Gasteiger partial charge in [0.1, 0.15) is 4.83 Å². The van der Waals surface area contributed by atoms with Crippen molar-refractivity contribution in [2.24, 2.45) is 0 Å². The second kappa shape index (κ2) is 11.0. The number of aromatic nitrogens is 3. The largest absolute Gasteiger partial charge is 0.292 e. The lowest BCUT2D eigenvalue weighted by molar-refractivity contribution is 1.08. The average molecular weight is 734 g/mol. The molecule has 3 nitrogen and oxygen atoms in total. The normalized spacial score (nSPS) is 12.4. The summed E-state index contributed by atoms with van der Waals surface area (Å²) in [7, 11) is 0. The molecule has 0 saturated heterocycles. The number of nitrogens with zero attached hydrogens (tertiary/aromatic N) is 3. The molecule has 0 radical (unpaired) electrons. The van der Waals surface area contributed by atoms with Crippen LogP contribution < -0.4 is 0 Å². The fraction of sp³-hybridized carbons (Fsp3) is 0. The first-order chi connectivity index (χ1) is 27.3. The molecule has 0 amide bonds. The third-order valence-electron chi connectivity index (χ3n) is 11.5. The quantitative estimate of drug-likeness (QED) is 0.177. The second-order valence-corrected chi connectivity index (χ2v) is 16.6. The van der Waals surface area contributed by atoms with Gasteiger partial charge in [0.05, 0.1) is 16.4 Å². The first-order valence-corrected chi connectivity index (χ1v) is 20.2. The molecule has 0 atom stereocenters. The molecule has 13 rings (SSSR count). The van der Waals surface area contributed by atoms with Crippen LogP contribution in [0.2, 0.25) is 0 Å². The zero-order valence-corrected chi connectivity index (χ0v) is 30.9. The summed E-state index contributed by atoms with van der Waals surface area (Å²) in [5, 5.41) is 17.3.